The molecule has 0 radical (unpaired) electrons. The van der Waals surface area contributed by atoms with Gasteiger partial charge in [0.25, 0.3) is 0 Å². The van der Waals surface area contributed by atoms with Crippen LogP contribution in [0, 0.1) is 10.1 Å². The summed E-state index contributed by atoms with van der Waals surface area (Å²) in [6, 6.07) is 13.6. The maximum absolute atomic E-state index is 10.8. The molecule has 3 rings (SSSR count). The Morgan fingerprint density at radius 2 is 1.95 bits per heavy atom. The fraction of sp³-hybridized carbons (Fsp3) is 0.333. The number of nitrogens with zero attached hydrogens (tertiary/aromatic N) is 2. The van der Waals surface area contributed by atoms with Crippen LogP contribution in [0.15, 0.2) is 42.5 Å². The highest BCUT2D eigenvalue weighted by Crippen LogP contribution is 2.43. The molecular formula is C15H16N2O3S. The Morgan fingerprint density at radius 3 is 2.57 bits per heavy atom. The molecule has 0 bridgehead atoms. The lowest BCUT2D eigenvalue weighted by Gasteiger charge is -2.20. The molecule has 5 nitrogen and oxygen atoms in total. The maximum Gasteiger partial charge on any atom is 0.324 e. The van der Waals surface area contributed by atoms with Crippen molar-refractivity contribution in [2.24, 2.45) is 0 Å². The minimum absolute atomic E-state index is 0.0256. The van der Waals surface area contributed by atoms with Gasteiger partial charge in [-0.25, -0.2) is 0 Å². The Hall–Kier alpha value is -1.76. The van der Waals surface area contributed by atoms with Crippen LogP contribution < -0.4 is 0 Å². The molecule has 2 aromatic rings. The lowest BCUT2D eigenvalue weighted by atomic mass is 10.0. The van der Waals surface area contributed by atoms with Crippen molar-refractivity contribution in [2.75, 3.05) is 7.05 Å². The smallest absolute Gasteiger partial charge is 0.324 e. The van der Waals surface area contributed by atoms with Crippen LogP contribution in [0.2, 0.25) is 0 Å². The number of hydrogen-bond donors (Lipinski definition) is 0. The molecular weight excluding hydrogens is 288 g/mol. The number of benzene rings is 1. The SMILES string of the molecule is CC1C(c2ccccc2)OC(c2ccc([N+](=O)[O-])s2)N1C. The van der Waals surface area contributed by atoms with E-state index in [0.717, 1.165) is 10.4 Å². The molecule has 1 aliphatic heterocycles. The number of ether oxygens (including phenoxy) is 1. The van der Waals surface area contributed by atoms with Crippen molar-refractivity contribution in [3.05, 3.63) is 63.0 Å². The molecule has 3 atom stereocenters. The normalized spacial score (nSPS) is 26.1. The third-order valence-electron chi connectivity index (χ3n) is 3.89. The van der Waals surface area contributed by atoms with Crippen molar-refractivity contribution in [2.45, 2.75) is 25.3 Å². The van der Waals surface area contributed by atoms with E-state index in [9.17, 15) is 10.1 Å². The number of thiophene rings is 1. The highest BCUT2D eigenvalue weighted by atomic mass is 32.1. The summed E-state index contributed by atoms with van der Waals surface area (Å²) >= 11 is 1.18. The summed E-state index contributed by atoms with van der Waals surface area (Å²) < 4.78 is 6.16. The highest BCUT2D eigenvalue weighted by molar-refractivity contribution is 7.15. The minimum Gasteiger partial charge on any atom is -0.348 e. The van der Waals surface area contributed by atoms with Crippen molar-refractivity contribution < 1.29 is 9.66 Å². The summed E-state index contributed by atoms with van der Waals surface area (Å²) in [4.78, 5) is 13.5. The second-order valence-electron chi connectivity index (χ2n) is 5.16. The molecule has 1 aromatic carbocycles. The average molecular weight is 304 g/mol. The third-order valence-corrected chi connectivity index (χ3v) is 4.96. The van der Waals surface area contributed by atoms with Crippen LogP contribution in [0.1, 0.15) is 29.7 Å². The molecule has 21 heavy (non-hydrogen) atoms. The summed E-state index contributed by atoms with van der Waals surface area (Å²) in [6.45, 7) is 2.11. The fourth-order valence-corrected chi connectivity index (χ4v) is 3.53. The second-order valence-corrected chi connectivity index (χ2v) is 6.25. The van der Waals surface area contributed by atoms with Crippen LogP contribution in [0.5, 0.6) is 0 Å². The first-order chi connectivity index (χ1) is 10.1. The van der Waals surface area contributed by atoms with Crippen molar-refractivity contribution in [3.8, 4) is 0 Å². The van der Waals surface area contributed by atoms with Gasteiger partial charge in [0, 0.05) is 12.1 Å². The molecule has 0 saturated carbocycles. The van der Waals surface area contributed by atoms with Gasteiger partial charge in [-0.3, -0.25) is 15.0 Å². The van der Waals surface area contributed by atoms with Gasteiger partial charge in [0.05, 0.1) is 9.80 Å². The molecule has 6 heteroatoms. The Labute approximate surface area is 126 Å². The van der Waals surface area contributed by atoms with Crippen LogP contribution in [0.25, 0.3) is 0 Å². The maximum atomic E-state index is 10.8. The Kier molecular flexibility index (Phi) is 3.75. The van der Waals surface area contributed by atoms with E-state index in [1.54, 1.807) is 6.07 Å². The van der Waals surface area contributed by atoms with Gasteiger partial charge in [-0.1, -0.05) is 41.7 Å². The van der Waals surface area contributed by atoms with E-state index < -0.39 is 0 Å². The molecule has 0 spiro atoms. The summed E-state index contributed by atoms with van der Waals surface area (Å²) in [5.74, 6) is 0. The van der Waals surface area contributed by atoms with Crippen LogP contribution in [-0.2, 0) is 4.74 Å². The number of nitro groups is 1. The van der Waals surface area contributed by atoms with Crippen molar-refractivity contribution >= 4 is 16.3 Å². The summed E-state index contributed by atoms with van der Waals surface area (Å²) in [5.41, 5.74) is 1.13. The van der Waals surface area contributed by atoms with E-state index in [2.05, 4.69) is 11.8 Å². The molecule has 0 aliphatic carbocycles. The van der Waals surface area contributed by atoms with E-state index in [1.807, 2.05) is 37.4 Å². The first-order valence-corrected chi connectivity index (χ1v) is 7.56. The molecule has 0 N–H and O–H groups in total. The molecule has 3 unspecified atom stereocenters. The zero-order chi connectivity index (χ0) is 15.0. The van der Waals surface area contributed by atoms with Gasteiger partial charge in [-0.15, -0.1) is 0 Å². The molecule has 1 aliphatic rings. The van der Waals surface area contributed by atoms with Gasteiger partial charge in [0.15, 0.2) is 0 Å². The quantitative estimate of drug-likeness (QED) is 0.640. The first-order valence-electron chi connectivity index (χ1n) is 6.74. The first kappa shape index (κ1) is 14.2. The predicted molar refractivity (Wildman–Crippen MR) is 81.2 cm³/mol. The standard InChI is InChI=1S/C15H16N2O3S/c1-10-14(11-6-4-3-5-7-11)20-15(16(10)2)12-8-9-13(21-12)17(18)19/h3-10,14-15H,1-2H3. The van der Waals surface area contributed by atoms with Crippen LogP contribution in [0.4, 0.5) is 5.00 Å². The zero-order valence-electron chi connectivity index (χ0n) is 11.8. The molecule has 2 heterocycles. The van der Waals surface area contributed by atoms with Crippen molar-refractivity contribution in [1.82, 2.24) is 4.90 Å². The van der Waals surface area contributed by atoms with E-state index >= 15 is 0 Å². The highest BCUT2D eigenvalue weighted by Gasteiger charge is 2.39. The fourth-order valence-electron chi connectivity index (χ4n) is 2.62. The van der Waals surface area contributed by atoms with E-state index in [0.29, 0.717) is 0 Å². The lowest BCUT2D eigenvalue weighted by molar-refractivity contribution is -0.380. The van der Waals surface area contributed by atoms with Gasteiger partial charge < -0.3 is 4.74 Å². The van der Waals surface area contributed by atoms with E-state index in [-0.39, 0.29) is 28.3 Å². The Bertz CT molecular complexity index is 643. The molecule has 1 saturated heterocycles. The van der Waals surface area contributed by atoms with Gasteiger partial charge in [-0.2, -0.15) is 0 Å². The number of hydrogen-bond acceptors (Lipinski definition) is 5. The van der Waals surface area contributed by atoms with Crippen LogP contribution in [-0.4, -0.2) is 22.9 Å². The molecule has 0 amide bonds. The minimum atomic E-state index is -0.360. The van der Waals surface area contributed by atoms with E-state index in [4.69, 9.17) is 4.74 Å². The lowest BCUT2D eigenvalue weighted by Crippen LogP contribution is -2.26. The van der Waals surface area contributed by atoms with Gasteiger partial charge in [-0.05, 0) is 25.6 Å². The van der Waals surface area contributed by atoms with Crippen LogP contribution >= 0.6 is 11.3 Å². The second kappa shape index (κ2) is 5.55. The Balaban J connectivity index is 1.86. The van der Waals surface area contributed by atoms with Crippen molar-refractivity contribution in [3.63, 3.8) is 0 Å². The summed E-state index contributed by atoms with van der Waals surface area (Å²) in [5, 5.41) is 11.0. The van der Waals surface area contributed by atoms with Gasteiger partial charge in [0.2, 0.25) is 0 Å². The van der Waals surface area contributed by atoms with Gasteiger partial charge in [0.1, 0.15) is 12.3 Å². The molecule has 1 aromatic heterocycles. The number of likely N-dealkylation sites (N-methyl/N-ethyl adjacent to an activating group) is 1. The number of rotatable bonds is 3. The summed E-state index contributed by atoms with van der Waals surface area (Å²) in [7, 11) is 1.99. The molecule has 1 fully saturated rings. The third kappa shape index (κ3) is 2.57. The predicted octanol–water partition coefficient (Wildman–Crippen LogP) is 3.75. The largest absolute Gasteiger partial charge is 0.348 e. The average Bonchev–Trinajstić information content (AvgIpc) is 3.07. The van der Waals surface area contributed by atoms with Gasteiger partial charge >= 0.3 is 5.00 Å². The summed E-state index contributed by atoms with van der Waals surface area (Å²) in [6.07, 6.45) is -0.258. The van der Waals surface area contributed by atoms with E-state index in [1.165, 1.54) is 17.4 Å². The molecule has 110 valence electrons. The Morgan fingerprint density at radius 1 is 1.24 bits per heavy atom. The van der Waals surface area contributed by atoms with Crippen LogP contribution in [0.3, 0.4) is 0 Å². The zero-order valence-corrected chi connectivity index (χ0v) is 12.6. The monoisotopic (exact) mass is 304 g/mol. The topological polar surface area (TPSA) is 55.6 Å². The van der Waals surface area contributed by atoms with Crippen molar-refractivity contribution in [1.29, 1.82) is 0 Å².